The molecule has 5 heteroatoms. The zero-order chi connectivity index (χ0) is 13.8. The third kappa shape index (κ3) is 3.48. The van der Waals surface area contributed by atoms with E-state index in [9.17, 15) is 13.9 Å². The van der Waals surface area contributed by atoms with Crippen molar-refractivity contribution in [3.05, 3.63) is 59.4 Å². The smallest absolute Gasteiger partial charge is 0.141 e. The van der Waals surface area contributed by atoms with E-state index in [1.807, 2.05) is 0 Å². The minimum absolute atomic E-state index is 0.0495. The Balaban J connectivity index is 2.17. The van der Waals surface area contributed by atoms with Gasteiger partial charge in [0, 0.05) is 23.4 Å². The highest BCUT2D eigenvalue weighted by Gasteiger charge is 2.10. The first-order valence-electron chi connectivity index (χ1n) is 5.76. The zero-order valence-electron chi connectivity index (χ0n) is 10.3. The number of aliphatic hydroxyl groups is 1. The molecule has 0 bridgehead atoms. The molecule has 0 saturated heterocycles. The largest absolute Gasteiger partial charge is 0.488 e. The molecule has 0 radical (unpaired) electrons. The van der Waals surface area contributed by atoms with Crippen LogP contribution in [0.3, 0.4) is 0 Å². The molecule has 2 rings (SSSR count). The second-order valence-corrected chi connectivity index (χ2v) is 4.16. The van der Waals surface area contributed by atoms with E-state index < -0.39 is 17.7 Å². The number of hydrogen-bond donors (Lipinski definition) is 1. The van der Waals surface area contributed by atoms with Crippen molar-refractivity contribution >= 4 is 0 Å². The number of benzene rings is 1. The van der Waals surface area contributed by atoms with Gasteiger partial charge in [-0.25, -0.2) is 8.78 Å². The van der Waals surface area contributed by atoms with Crippen LogP contribution in [0.4, 0.5) is 8.78 Å². The summed E-state index contributed by atoms with van der Waals surface area (Å²) in [5, 5.41) is 9.56. The first kappa shape index (κ1) is 13.4. The number of pyridine rings is 1. The first-order chi connectivity index (χ1) is 9.06. The van der Waals surface area contributed by atoms with Crippen LogP contribution in [0.2, 0.25) is 0 Å². The van der Waals surface area contributed by atoms with Crippen LogP contribution in [0.1, 0.15) is 24.2 Å². The molecule has 1 N–H and O–H groups in total. The van der Waals surface area contributed by atoms with Crippen molar-refractivity contribution < 1.29 is 18.6 Å². The molecule has 1 aromatic carbocycles. The zero-order valence-corrected chi connectivity index (χ0v) is 10.3. The maximum absolute atomic E-state index is 13.2. The van der Waals surface area contributed by atoms with E-state index >= 15 is 0 Å². The predicted octanol–water partition coefficient (Wildman–Crippen LogP) is 2.99. The summed E-state index contributed by atoms with van der Waals surface area (Å²) in [5.41, 5.74) is 1.01. The summed E-state index contributed by atoms with van der Waals surface area (Å²) in [5.74, 6) is -0.688. The van der Waals surface area contributed by atoms with Crippen molar-refractivity contribution in [1.82, 2.24) is 4.98 Å². The van der Waals surface area contributed by atoms with Gasteiger partial charge in [0.15, 0.2) is 0 Å². The van der Waals surface area contributed by atoms with Crippen molar-refractivity contribution in [2.45, 2.75) is 19.6 Å². The molecule has 0 saturated carbocycles. The Morgan fingerprint density at radius 2 is 2.00 bits per heavy atom. The quantitative estimate of drug-likeness (QED) is 0.924. The molecule has 1 atom stereocenters. The van der Waals surface area contributed by atoms with Crippen molar-refractivity contribution in [1.29, 1.82) is 0 Å². The van der Waals surface area contributed by atoms with Crippen LogP contribution in [0.15, 0.2) is 36.7 Å². The van der Waals surface area contributed by atoms with Crippen LogP contribution in [0, 0.1) is 11.6 Å². The van der Waals surface area contributed by atoms with Gasteiger partial charge in [0.2, 0.25) is 0 Å². The number of nitrogens with zero attached hydrogens (tertiary/aromatic N) is 1. The summed E-state index contributed by atoms with van der Waals surface area (Å²) in [6.07, 6.45) is 1.78. The molecule has 1 heterocycles. The standard InChI is InChI=1S/C14H13F2NO2/c1-9(18)13-3-2-11(15)5-14(13)19-8-10-4-12(16)7-17-6-10/h2-7,9,18H,8H2,1H3/t9-/m0/s1. The molecule has 0 unspecified atom stereocenters. The van der Waals surface area contributed by atoms with Gasteiger partial charge in [0.25, 0.3) is 0 Å². The third-order valence-corrected chi connectivity index (χ3v) is 2.58. The lowest BCUT2D eigenvalue weighted by molar-refractivity contribution is 0.189. The highest BCUT2D eigenvalue weighted by molar-refractivity contribution is 5.35. The SMILES string of the molecule is C[C@H](O)c1ccc(F)cc1OCc1cncc(F)c1. The number of aliphatic hydroxyl groups excluding tert-OH is 1. The first-order valence-corrected chi connectivity index (χ1v) is 5.76. The molecule has 3 nitrogen and oxygen atoms in total. The van der Waals surface area contributed by atoms with Gasteiger partial charge in [-0.05, 0) is 25.1 Å². The van der Waals surface area contributed by atoms with Gasteiger partial charge >= 0.3 is 0 Å². The van der Waals surface area contributed by atoms with Crippen LogP contribution < -0.4 is 4.74 Å². The Morgan fingerprint density at radius 3 is 2.68 bits per heavy atom. The lowest BCUT2D eigenvalue weighted by Gasteiger charge is -2.13. The van der Waals surface area contributed by atoms with Gasteiger partial charge in [0.05, 0.1) is 12.3 Å². The average molecular weight is 265 g/mol. The van der Waals surface area contributed by atoms with Gasteiger partial charge in [-0.3, -0.25) is 4.98 Å². The van der Waals surface area contributed by atoms with Gasteiger partial charge in [-0.1, -0.05) is 0 Å². The van der Waals surface area contributed by atoms with Crippen molar-refractivity contribution in [2.75, 3.05) is 0 Å². The van der Waals surface area contributed by atoms with Crippen LogP contribution in [0.5, 0.6) is 5.75 Å². The summed E-state index contributed by atoms with van der Waals surface area (Å²) in [6.45, 7) is 1.61. The second kappa shape index (κ2) is 5.75. The maximum atomic E-state index is 13.2. The Labute approximate surface area is 109 Å². The molecule has 19 heavy (non-hydrogen) atoms. The molecule has 0 spiro atoms. The summed E-state index contributed by atoms with van der Waals surface area (Å²) in [7, 11) is 0. The fraction of sp³-hybridized carbons (Fsp3) is 0.214. The molecule has 2 aromatic rings. The highest BCUT2D eigenvalue weighted by Crippen LogP contribution is 2.26. The van der Waals surface area contributed by atoms with E-state index in [1.54, 1.807) is 6.92 Å². The van der Waals surface area contributed by atoms with Gasteiger partial charge in [0.1, 0.15) is 24.0 Å². The van der Waals surface area contributed by atoms with E-state index in [0.717, 1.165) is 6.20 Å². The lowest BCUT2D eigenvalue weighted by atomic mass is 10.1. The lowest BCUT2D eigenvalue weighted by Crippen LogP contribution is -2.02. The van der Waals surface area contributed by atoms with Crippen molar-refractivity contribution in [3.63, 3.8) is 0 Å². The number of aromatic nitrogens is 1. The topological polar surface area (TPSA) is 42.4 Å². The van der Waals surface area contributed by atoms with Crippen LogP contribution in [0.25, 0.3) is 0 Å². The summed E-state index contributed by atoms with van der Waals surface area (Å²) >= 11 is 0. The third-order valence-electron chi connectivity index (χ3n) is 2.58. The van der Waals surface area contributed by atoms with Crippen molar-refractivity contribution in [3.8, 4) is 5.75 Å². The molecule has 100 valence electrons. The molecule has 0 aliphatic carbocycles. The summed E-state index contributed by atoms with van der Waals surface area (Å²) < 4.78 is 31.5. The van der Waals surface area contributed by atoms with Crippen LogP contribution in [-0.4, -0.2) is 10.1 Å². The van der Waals surface area contributed by atoms with E-state index in [1.165, 1.54) is 30.5 Å². The highest BCUT2D eigenvalue weighted by atomic mass is 19.1. The molecule has 0 aliphatic heterocycles. The molecule has 0 aliphatic rings. The van der Waals surface area contributed by atoms with Crippen LogP contribution in [-0.2, 0) is 6.61 Å². The van der Waals surface area contributed by atoms with Crippen LogP contribution >= 0.6 is 0 Å². The Bertz CT molecular complexity index is 573. The average Bonchev–Trinajstić information content (AvgIpc) is 2.36. The Hall–Kier alpha value is -2.01. The second-order valence-electron chi connectivity index (χ2n) is 4.16. The minimum Gasteiger partial charge on any atom is -0.488 e. The van der Waals surface area contributed by atoms with Gasteiger partial charge in [-0.15, -0.1) is 0 Å². The van der Waals surface area contributed by atoms with Gasteiger partial charge < -0.3 is 9.84 Å². The number of hydrogen-bond acceptors (Lipinski definition) is 3. The molecular formula is C14H13F2NO2. The number of ether oxygens (including phenoxy) is 1. The number of rotatable bonds is 4. The van der Waals surface area contributed by atoms with E-state index in [0.29, 0.717) is 11.1 Å². The molecule has 0 amide bonds. The maximum Gasteiger partial charge on any atom is 0.141 e. The predicted molar refractivity (Wildman–Crippen MR) is 65.6 cm³/mol. The van der Waals surface area contributed by atoms with Crippen molar-refractivity contribution in [2.24, 2.45) is 0 Å². The molecular weight excluding hydrogens is 252 g/mol. The molecule has 1 aromatic heterocycles. The minimum atomic E-state index is -0.777. The Morgan fingerprint density at radius 1 is 1.21 bits per heavy atom. The monoisotopic (exact) mass is 265 g/mol. The normalized spacial score (nSPS) is 12.2. The fourth-order valence-electron chi connectivity index (χ4n) is 1.67. The Kier molecular flexibility index (Phi) is 4.06. The summed E-state index contributed by atoms with van der Waals surface area (Å²) in [6, 6.07) is 5.18. The fourth-order valence-corrected chi connectivity index (χ4v) is 1.67. The number of halogens is 2. The molecule has 0 fully saturated rings. The summed E-state index contributed by atoms with van der Waals surface area (Å²) in [4.78, 5) is 3.69. The van der Waals surface area contributed by atoms with Gasteiger partial charge in [-0.2, -0.15) is 0 Å². The van der Waals surface area contributed by atoms with E-state index in [4.69, 9.17) is 4.74 Å². The van der Waals surface area contributed by atoms with E-state index in [-0.39, 0.29) is 12.4 Å². The van der Waals surface area contributed by atoms with E-state index in [2.05, 4.69) is 4.98 Å².